The molecule has 0 saturated heterocycles. The van der Waals surface area contributed by atoms with Crippen LogP contribution in [-0.2, 0) is 0 Å². The zero-order valence-corrected chi connectivity index (χ0v) is 14.3. The molecule has 5 nitrogen and oxygen atoms in total. The average Bonchev–Trinajstić information content (AvgIpc) is 3.43. The molecule has 6 heteroatoms. The van der Waals surface area contributed by atoms with Crippen LogP contribution in [0.4, 0.5) is 4.39 Å². The fourth-order valence-electron chi connectivity index (χ4n) is 3.24. The lowest BCUT2D eigenvalue weighted by atomic mass is 10.0. The van der Waals surface area contributed by atoms with Crippen molar-refractivity contribution < 1.29 is 9.18 Å². The van der Waals surface area contributed by atoms with E-state index in [0.29, 0.717) is 16.8 Å². The van der Waals surface area contributed by atoms with Gasteiger partial charge in [0, 0.05) is 17.1 Å². The van der Waals surface area contributed by atoms with Crippen molar-refractivity contribution in [3.05, 3.63) is 75.6 Å². The lowest BCUT2D eigenvalue weighted by Gasteiger charge is -2.19. The number of H-pyrrole nitrogens is 1. The summed E-state index contributed by atoms with van der Waals surface area (Å²) >= 11 is 0. The maximum absolute atomic E-state index is 13.5. The molecule has 1 atom stereocenters. The molecule has 26 heavy (non-hydrogen) atoms. The predicted octanol–water partition coefficient (Wildman–Crippen LogP) is 3.25. The number of hydrogen-bond acceptors (Lipinski definition) is 3. The summed E-state index contributed by atoms with van der Waals surface area (Å²) in [4.78, 5) is 31.9. The van der Waals surface area contributed by atoms with Gasteiger partial charge in [-0.3, -0.25) is 14.6 Å². The molecule has 0 spiro atoms. The van der Waals surface area contributed by atoms with Crippen molar-refractivity contribution in [3.63, 3.8) is 0 Å². The number of aromatic amines is 1. The van der Waals surface area contributed by atoms with Gasteiger partial charge < -0.3 is 10.3 Å². The number of carbonyl (C=O) groups excluding carboxylic acids is 1. The van der Waals surface area contributed by atoms with Crippen molar-refractivity contribution in [2.75, 3.05) is 0 Å². The summed E-state index contributed by atoms with van der Waals surface area (Å²) in [6.07, 6.45) is 2.06. The van der Waals surface area contributed by atoms with Gasteiger partial charge in [0.05, 0.1) is 22.8 Å². The van der Waals surface area contributed by atoms with Gasteiger partial charge in [-0.2, -0.15) is 0 Å². The number of aryl methyl sites for hydroxylation is 1. The van der Waals surface area contributed by atoms with Crippen LogP contribution in [-0.4, -0.2) is 15.9 Å². The number of hydrogen-bond donors (Lipinski definition) is 2. The van der Waals surface area contributed by atoms with Crippen molar-refractivity contribution >= 4 is 16.8 Å². The number of nitrogens with one attached hydrogen (secondary N) is 2. The Kier molecular flexibility index (Phi) is 4.03. The van der Waals surface area contributed by atoms with Crippen LogP contribution < -0.4 is 10.9 Å². The molecular weight excluding hydrogens is 333 g/mol. The zero-order valence-electron chi connectivity index (χ0n) is 14.3. The van der Waals surface area contributed by atoms with E-state index in [-0.39, 0.29) is 17.5 Å². The van der Waals surface area contributed by atoms with Gasteiger partial charge in [0.15, 0.2) is 0 Å². The summed E-state index contributed by atoms with van der Waals surface area (Å²) in [6, 6.07) is 10.8. The standard InChI is InChI=1S/C20H18FN3O2/c1-11-3-2-4-16(22-11)19(12-5-6-12)24-20(26)15-10-18(25)23-17-9-13(21)7-8-14(15)17/h2-4,7-10,12,19H,5-6H2,1H3,(H,23,25)(H,24,26)/t19-/m0/s1. The highest BCUT2D eigenvalue weighted by atomic mass is 19.1. The summed E-state index contributed by atoms with van der Waals surface area (Å²) < 4.78 is 13.5. The van der Waals surface area contributed by atoms with Gasteiger partial charge in [-0.05, 0) is 56.0 Å². The molecule has 0 aliphatic heterocycles. The smallest absolute Gasteiger partial charge is 0.252 e. The van der Waals surface area contributed by atoms with E-state index in [4.69, 9.17) is 0 Å². The molecule has 2 aromatic heterocycles. The topological polar surface area (TPSA) is 74.8 Å². The van der Waals surface area contributed by atoms with Crippen molar-refractivity contribution in [3.8, 4) is 0 Å². The molecule has 0 unspecified atom stereocenters. The van der Waals surface area contributed by atoms with Gasteiger partial charge in [0.25, 0.3) is 5.91 Å². The van der Waals surface area contributed by atoms with Gasteiger partial charge in [-0.25, -0.2) is 4.39 Å². The molecule has 1 saturated carbocycles. The van der Waals surface area contributed by atoms with Gasteiger partial charge in [0.1, 0.15) is 5.82 Å². The number of amides is 1. The van der Waals surface area contributed by atoms with E-state index < -0.39 is 11.4 Å². The van der Waals surface area contributed by atoms with Crippen LogP contribution in [0, 0.1) is 18.7 Å². The SMILES string of the molecule is Cc1cccc([C@@H](NC(=O)c2cc(=O)[nH]c3cc(F)ccc23)C2CC2)n1. The molecule has 3 aromatic rings. The van der Waals surface area contributed by atoms with Crippen molar-refractivity contribution in [2.24, 2.45) is 5.92 Å². The lowest BCUT2D eigenvalue weighted by Crippen LogP contribution is -2.31. The van der Waals surface area contributed by atoms with Crippen molar-refractivity contribution in [2.45, 2.75) is 25.8 Å². The van der Waals surface area contributed by atoms with E-state index in [2.05, 4.69) is 15.3 Å². The van der Waals surface area contributed by atoms with Gasteiger partial charge in [-0.15, -0.1) is 0 Å². The number of aromatic nitrogens is 2. The van der Waals surface area contributed by atoms with E-state index in [1.165, 1.54) is 24.3 Å². The predicted molar refractivity (Wildman–Crippen MR) is 96.4 cm³/mol. The van der Waals surface area contributed by atoms with Crippen LogP contribution in [0.1, 0.15) is 40.6 Å². The summed E-state index contributed by atoms with van der Waals surface area (Å²) in [5.41, 5.74) is 1.81. The molecule has 0 radical (unpaired) electrons. The quantitative estimate of drug-likeness (QED) is 0.758. The fraction of sp³-hybridized carbons (Fsp3) is 0.250. The number of nitrogens with zero attached hydrogens (tertiary/aromatic N) is 1. The summed E-state index contributed by atoms with van der Waals surface area (Å²) in [5.74, 6) is -0.475. The molecule has 2 N–H and O–H groups in total. The third-order valence-electron chi connectivity index (χ3n) is 4.66. The number of benzene rings is 1. The molecular formula is C20H18FN3O2. The number of pyridine rings is 2. The molecule has 4 rings (SSSR count). The van der Waals surface area contributed by atoms with E-state index in [1.807, 2.05) is 25.1 Å². The average molecular weight is 351 g/mol. The highest BCUT2D eigenvalue weighted by Gasteiger charge is 2.34. The summed E-state index contributed by atoms with van der Waals surface area (Å²) in [7, 11) is 0. The molecule has 132 valence electrons. The second-order valence-corrected chi connectivity index (χ2v) is 6.73. The monoisotopic (exact) mass is 351 g/mol. The first kappa shape index (κ1) is 16.4. The normalized spacial score (nSPS) is 15.0. The van der Waals surface area contributed by atoms with Crippen LogP contribution in [0.5, 0.6) is 0 Å². The molecule has 1 fully saturated rings. The van der Waals surface area contributed by atoms with Crippen molar-refractivity contribution in [1.29, 1.82) is 0 Å². The van der Waals surface area contributed by atoms with Crippen LogP contribution in [0.25, 0.3) is 10.9 Å². The second kappa shape index (κ2) is 6.37. The Balaban J connectivity index is 1.71. The Hall–Kier alpha value is -3.02. The molecule has 2 heterocycles. The highest BCUT2D eigenvalue weighted by molar-refractivity contribution is 6.06. The first-order valence-electron chi connectivity index (χ1n) is 8.58. The largest absolute Gasteiger partial charge is 0.343 e. The van der Waals surface area contributed by atoms with Gasteiger partial charge in [0.2, 0.25) is 5.56 Å². The minimum absolute atomic E-state index is 0.197. The Labute approximate surface area is 149 Å². The molecule has 1 amide bonds. The fourth-order valence-corrected chi connectivity index (χ4v) is 3.24. The van der Waals surface area contributed by atoms with Gasteiger partial charge in [-0.1, -0.05) is 6.07 Å². The Morgan fingerprint density at radius 3 is 2.81 bits per heavy atom. The van der Waals surface area contributed by atoms with Crippen LogP contribution >= 0.6 is 0 Å². The van der Waals surface area contributed by atoms with Gasteiger partial charge >= 0.3 is 0 Å². The van der Waals surface area contributed by atoms with E-state index in [9.17, 15) is 14.0 Å². The minimum atomic E-state index is -0.467. The van der Waals surface area contributed by atoms with Crippen molar-refractivity contribution in [1.82, 2.24) is 15.3 Å². The molecule has 1 aromatic carbocycles. The Morgan fingerprint density at radius 1 is 1.27 bits per heavy atom. The summed E-state index contributed by atoms with van der Waals surface area (Å²) in [5, 5.41) is 3.53. The maximum Gasteiger partial charge on any atom is 0.252 e. The number of rotatable bonds is 4. The second-order valence-electron chi connectivity index (χ2n) is 6.73. The zero-order chi connectivity index (χ0) is 18.3. The van der Waals surface area contributed by atoms with E-state index in [1.54, 1.807) is 0 Å². The van der Waals surface area contributed by atoms with Crippen LogP contribution in [0.15, 0.2) is 47.3 Å². The number of fused-ring (bicyclic) bond motifs is 1. The minimum Gasteiger partial charge on any atom is -0.343 e. The first-order chi connectivity index (χ1) is 12.5. The van der Waals surface area contributed by atoms with Crippen LogP contribution in [0.3, 0.4) is 0 Å². The third kappa shape index (κ3) is 3.22. The first-order valence-corrected chi connectivity index (χ1v) is 8.58. The Morgan fingerprint density at radius 2 is 2.08 bits per heavy atom. The lowest BCUT2D eigenvalue weighted by molar-refractivity contribution is 0.0932. The Bertz CT molecular complexity index is 1060. The highest BCUT2D eigenvalue weighted by Crippen LogP contribution is 2.40. The number of carbonyl (C=O) groups is 1. The maximum atomic E-state index is 13.5. The van der Waals surface area contributed by atoms with E-state index in [0.717, 1.165) is 24.2 Å². The summed E-state index contributed by atoms with van der Waals surface area (Å²) in [6.45, 7) is 1.91. The molecule has 1 aliphatic carbocycles. The van der Waals surface area contributed by atoms with Crippen LogP contribution in [0.2, 0.25) is 0 Å². The molecule has 0 bridgehead atoms. The third-order valence-corrected chi connectivity index (χ3v) is 4.66. The molecule has 1 aliphatic rings. The van der Waals surface area contributed by atoms with E-state index >= 15 is 0 Å². The number of halogens is 1.